The van der Waals surface area contributed by atoms with Crippen LogP contribution in [0.4, 0.5) is 0 Å². The molecule has 0 aliphatic carbocycles. The fourth-order valence-corrected chi connectivity index (χ4v) is 4.75. The van der Waals surface area contributed by atoms with Gasteiger partial charge in [0.1, 0.15) is 12.4 Å². The second kappa shape index (κ2) is 14.6. The quantitative estimate of drug-likeness (QED) is 0.339. The average Bonchev–Trinajstić information content (AvgIpc) is 3.36. The van der Waals surface area contributed by atoms with Crippen molar-refractivity contribution in [3.63, 3.8) is 0 Å². The fourth-order valence-electron chi connectivity index (χ4n) is 4.24. The van der Waals surface area contributed by atoms with Crippen molar-refractivity contribution < 1.29 is 13.2 Å². The molecule has 0 radical (unpaired) electrons. The molecular formula is C27H35Cl2N3O3S. The Morgan fingerprint density at radius 3 is 2.22 bits per heavy atom. The van der Waals surface area contributed by atoms with Crippen LogP contribution in [-0.2, 0) is 23.0 Å². The molecule has 0 amide bonds. The van der Waals surface area contributed by atoms with Gasteiger partial charge in [0, 0.05) is 13.1 Å². The van der Waals surface area contributed by atoms with Crippen LogP contribution in [0.3, 0.4) is 0 Å². The monoisotopic (exact) mass is 551 g/mol. The van der Waals surface area contributed by atoms with Crippen LogP contribution in [0.2, 0.25) is 0 Å². The van der Waals surface area contributed by atoms with Crippen LogP contribution in [0.15, 0.2) is 77.7 Å². The lowest BCUT2D eigenvalue weighted by atomic mass is 10.0. The molecule has 0 unspecified atom stereocenters. The number of likely N-dealkylation sites (tertiary alicyclic amines) is 1. The Morgan fingerprint density at radius 2 is 1.53 bits per heavy atom. The Bertz CT molecular complexity index is 1180. The average molecular weight is 553 g/mol. The van der Waals surface area contributed by atoms with Crippen molar-refractivity contribution in [3.8, 4) is 16.9 Å². The van der Waals surface area contributed by atoms with Crippen molar-refractivity contribution >= 4 is 34.8 Å². The molecule has 196 valence electrons. The van der Waals surface area contributed by atoms with Gasteiger partial charge in [-0.1, -0.05) is 42.5 Å². The first-order valence-electron chi connectivity index (χ1n) is 11.8. The third-order valence-electron chi connectivity index (χ3n) is 6.14. The lowest BCUT2D eigenvalue weighted by Gasteiger charge is -2.15. The van der Waals surface area contributed by atoms with Crippen molar-refractivity contribution in [2.45, 2.75) is 30.7 Å². The first-order valence-corrected chi connectivity index (χ1v) is 13.4. The maximum Gasteiger partial charge on any atom is 0.238 e. The largest absolute Gasteiger partial charge is 0.492 e. The minimum absolute atomic E-state index is 0. The summed E-state index contributed by atoms with van der Waals surface area (Å²) in [4.78, 5) is 2.60. The molecular weight excluding hydrogens is 517 g/mol. The number of nitrogens with zero attached hydrogens (tertiary/aromatic N) is 1. The van der Waals surface area contributed by atoms with Crippen LogP contribution < -0.4 is 15.2 Å². The highest BCUT2D eigenvalue weighted by molar-refractivity contribution is 7.89. The van der Waals surface area contributed by atoms with Crippen LogP contribution in [0.25, 0.3) is 11.1 Å². The number of benzene rings is 3. The number of sulfonamides is 1. The van der Waals surface area contributed by atoms with Gasteiger partial charge >= 0.3 is 0 Å². The Hall–Kier alpha value is -2.13. The van der Waals surface area contributed by atoms with Crippen LogP contribution in [-0.4, -0.2) is 46.1 Å². The summed E-state index contributed by atoms with van der Waals surface area (Å²) in [7, 11) is -3.64. The summed E-state index contributed by atoms with van der Waals surface area (Å²) in [5.74, 6) is 0.911. The summed E-state index contributed by atoms with van der Waals surface area (Å²) in [6, 6.07) is 23.6. The molecule has 36 heavy (non-hydrogen) atoms. The zero-order valence-electron chi connectivity index (χ0n) is 20.3. The molecule has 0 atom stereocenters. The predicted molar refractivity (Wildman–Crippen MR) is 151 cm³/mol. The zero-order valence-corrected chi connectivity index (χ0v) is 22.7. The van der Waals surface area contributed by atoms with Gasteiger partial charge in [-0.25, -0.2) is 13.6 Å². The highest BCUT2D eigenvalue weighted by Crippen LogP contribution is 2.25. The molecule has 4 rings (SSSR count). The number of nitrogens with two attached hydrogens (primary N) is 1. The van der Waals surface area contributed by atoms with Crippen molar-refractivity contribution in [2.75, 3.05) is 32.8 Å². The molecule has 0 saturated carbocycles. The number of hydrogen-bond donors (Lipinski definition) is 2. The van der Waals surface area contributed by atoms with Gasteiger partial charge in [-0.15, -0.1) is 24.8 Å². The van der Waals surface area contributed by atoms with Gasteiger partial charge in [0.05, 0.1) is 4.90 Å². The summed E-state index contributed by atoms with van der Waals surface area (Å²) >= 11 is 0. The topological polar surface area (TPSA) is 84.7 Å². The van der Waals surface area contributed by atoms with Crippen molar-refractivity contribution in [2.24, 2.45) is 5.14 Å². The number of nitrogens with one attached hydrogen (secondary N) is 1. The molecule has 1 aliphatic rings. The number of primary sulfonamides is 1. The van der Waals surface area contributed by atoms with Crippen molar-refractivity contribution in [3.05, 3.63) is 83.9 Å². The number of halogens is 2. The van der Waals surface area contributed by atoms with E-state index in [4.69, 9.17) is 9.88 Å². The third kappa shape index (κ3) is 9.07. The molecule has 1 aliphatic heterocycles. The van der Waals surface area contributed by atoms with Gasteiger partial charge in [0.25, 0.3) is 0 Å². The normalized spacial score (nSPS) is 13.6. The van der Waals surface area contributed by atoms with Crippen LogP contribution in [0.5, 0.6) is 5.75 Å². The summed E-state index contributed by atoms with van der Waals surface area (Å²) < 4.78 is 28.7. The van der Waals surface area contributed by atoms with E-state index in [2.05, 4.69) is 46.6 Å². The first-order chi connectivity index (χ1) is 16.5. The van der Waals surface area contributed by atoms with E-state index in [0.29, 0.717) is 0 Å². The highest BCUT2D eigenvalue weighted by atomic mass is 35.5. The summed E-state index contributed by atoms with van der Waals surface area (Å²) in [6.07, 6.45) is 3.41. The molecule has 3 aromatic carbocycles. The Morgan fingerprint density at radius 1 is 0.861 bits per heavy atom. The van der Waals surface area contributed by atoms with E-state index in [9.17, 15) is 8.42 Å². The van der Waals surface area contributed by atoms with E-state index < -0.39 is 10.0 Å². The predicted octanol–water partition coefficient (Wildman–Crippen LogP) is 4.65. The minimum Gasteiger partial charge on any atom is -0.492 e. The minimum atomic E-state index is -3.64. The molecule has 0 aromatic heterocycles. The first kappa shape index (κ1) is 30.1. The summed E-state index contributed by atoms with van der Waals surface area (Å²) in [5, 5.41) is 8.62. The molecule has 0 spiro atoms. The highest BCUT2D eigenvalue weighted by Gasteiger charge is 2.11. The summed E-state index contributed by atoms with van der Waals surface area (Å²) in [6.45, 7) is 5.64. The van der Waals surface area contributed by atoms with Gasteiger partial charge in [-0.05, 0) is 91.5 Å². The Labute approximate surface area is 227 Å². The fraction of sp³-hybridized carbons (Fsp3) is 0.333. The van der Waals surface area contributed by atoms with E-state index in [1.807, 2.05) is 24.3 Å². The number of hydrogen-bond acceptors (Lipinski definition) is 5. The lowest BCUT2D eigenvalue weighted by molar-refractivity contribution is 0.238. The Kier molecular flexibility index (Phi) is 12.2. The van der Waals surface area contributed by atoms with Crippen molar-refractivity contribution in [1.29, 1.82) is 0 Å². The van der Waals surface area contributed by atoms with Gasteiger partial charge in [0.2, 0.25) is 10.0 Å². The molecule has 1 heterocycles. The maximum atomic E-state index is 11.4. The van der Waals surface area contributed by atoms with E-state index in [1.165, 1.54) is 37.1 Å². The lowest BCUT2D eigenvalue weighted by Crippen LogP contribution is -2.25. The molecule has 3 N–H and O–H groups in total. The number of ether oxygens (including phenoxy) is 1. The smallest absolute Gasteiger partial charge is 0.238 e. The van der Waals surface area contributed by atoms with E-state index in [1.54, 1.807) is 12.1 Å². The number of rotatable bonds is 11. The van der Waals surface area contributed by atoms with Gasteiger partial charge in [-0.2, -0.15) is 0 Å². The van der Waals surface area contributed by atoms with E-state index in [-0.39, 0.29) is 29.7 Å². The molecule has 1 saturated heterocycles. The van der Waals surface area contributed by atoms with Crippen LogP contribution >= 0.6 is 24.8 Å². The molecule has 1 fully saturated rings. The second-order valence-corrected chi connectivity index (χ2v) is 10.3. The van der Waals surface area contributed by atoms with E-state index in [0.717, 1.165) is 49.5 Å². The standard InChI is InChI=1S/C27H33N3O3S.2ClH/c28-34(31,32)27-11-9-22(10-12-27)13-14-29-21-23-5-3-6-24(19-23)25-7-4-8-26(20-25)33-18-17-30-15-1-2-16-30;;/h3-12,19-20,29H,1-2,13-18,21H2,(H2,28,31,32);2*1H. The Balaban J connectivity index is 0.00000228. The maximum absolute atomic E-state index is 11.4. The second-order valence-electron chi connectivity index (χ2n) is 8.74. The van der Waals surface area contributed by atoms with Gasteiger partial charge in [0.15, 0.2) is 0 Å². The molecule has 6 nitrogen and oxygen atoms in total. The van der Waals surface area contributed by atoms with E-state index >= 15 is 0 Å². The molecule has 0 bridgehead atoms. The summed E-state index contributed by atoms with van der Waals surface area (Å²) in [5.41, 5.74) is 4.59. The van der Waals surface area contributed by atoms with Gasteiger partial charge < -0.3 is 10.1 Å². The molecule has 9 heteroatoms. The molecule has 3 aromatic rings. The van der Waals surface area contributed by atoms with Crippen LogP contribution in [0.1, 0.15) is 24.0 Å². The van der Waals surface area contributed by atoms with Gasteiger partial charge in [-0.3, -0.25) is 4.90 Å². The van der Waals surface area contributed by atoms with Crippen molar-refractivity contribution in [1.82, 2.24) is 10.2 Å². The third-order valence-corrected chi connectivity index (χ3v) is 7.07. The zero-order chi connectivity index (χ0) is 23.8. The van der Waals surface area contributed by atoms with Crippen LogP contribution in [0, 0.1) is 0 Å². The SMILES string of the molecule is Cl.Cl.NS(=O)(=O)c1ccc(CCNCc2cccc(-c3cccc(OCCN4CCCC4)c3)c2)cc1.